The number of aliphatic carboxylic acids is 2. The van der Waals surface area contributed by atoms with E-state index < -0.39 is 11.9 Å². The molecule has 0 spiro atoms. The standard InChI is InChI=1S/C20H25ClN2.C2H2O4/c1-2-17-7-9-18(10-8-17)15-22-11-13-23(14-12-22)16-19-5-3-4-6-20(19)21;3-1(4)2(5)6/h3-10H,2,11-16H2,1H3;(H,3,4)(H,5,6). The zero-order chi connectivity index (χ0) is 21.2. The molecule has 0 saturated carbocycles. The van der Waals surface area contributed by atoms with Gasteiger partial charge in [-0.25, -0.2) is 9.59 Å². The molecule has 1 aliphatic heterocycles. The number of hydrogen-bond acceptors (Lipinski definition) is 4. The van der Waals surface area contributed by atoms with Crippen LogP contribution in [-0.2, 0) is 29.1 Å². The summed E-state index contributed by atoms with van der Waals surface area (Å²) in [4.78, 5) is 23.2. The second kappa shape index (κ2) is 11.6. The predicted octanol–water partition coefficient (Wildman–Crippen LogP) is 3.38. The van der Waals surface area contributed by atoms with Crippen LogP contribution >= 0.6 is 11.6 Å². The van der Waals surface area contributed by atoms with Crippen LogP contribution in [0.3, 0.4) is 0 Å². The number of carboxylic acid groups (broad SMARTS) is 2. The molecule has 1 saturated heterocycles. The summed E-state index contributed by atoms with van der Waals surface area (Å²) < 4.78 is 0. The largest absolute Gasteiger partial charge is 0.473 e. The van der Waals surface area contributed by atoms with Gasteiger partial charge in [-0.05, 0) is 29.2 Å². The fourth-order valence-corrected chi connectivity index (χ4v) is 3.31. The Labute approximate surface area is 176 Å². The van der Waals surface area contributed by atoms with E-state index in [2.05, 4.69) is 53.1 Å². The molecule has 0 aliphatic carbocycles. The van der Waals surface area contributed by atoms with Gasteiger partial charge in [0.1, 0.15) is 0 Å². The first-order valence-electron chi connectivity index (χ1n) is 9.61. The number of carboxylic acids is 2. The zero-order valence-corrected chi connectivity index (χ0v) is 17.3. The first kappa shape index (κ1) is 22.9. The number of rotatable bonds is 5. The van der Waals surface area contributed by atoms with Crippen LogP contribution < -0.4 is 0 Å². The van der Waals surface area contributed by atoms with Gasteiger partial charge in [-0.3, -0.25) is 9.80 Å². The third-order valence-corrected chi connectivity index (χ3v) is 5.21. The van der Waals surface area contributed by atoms with Crippen LogP contribution in [0.5, 0.6) is 0 Å². The van der Waals surface area contributed by atoms with Gasteiger partial charge in [0, 0.05) is 44.3 Å². The molecule has 0 atom stereocenters. The van der Waals surface area contributed by atoms with Gasteiger partial charge in [-0.2, -0.15) is 0 Å². The number of aryl methyl sites for hydroxylation is 1. The average Bonchev–Trinajstić information content (AvgIpc) is 2.72. The number of nitrogens with zero attached hydrogens (tertiary/aromatic N) is 2. The fraction of sp³-hybridized carbons (Fsp3) is 0.364. The van der Waals surface area contributed by atoms with E-state index in [1.54, 1.807) is 0 Å². The first-order chi connectivity index (χ1) is 13.9. The molecule has 2 aromatic rings. The Morgan fingerprint density at radius 2 is 1.31 bits per heavy atom. The van der Waals surface area contributed by atoms with Crippen molar-refractivity contribution in [2.24, 2.45) is 0 Å². The lowest BCUT2D eigenvalue weighted by Crippen LogP contribution is -2.45. The van der Waals surface area contributed by atoms with E-state index in [0.717, 1.165) is 50.7 Å². The van der Waals surface area contributed by atoms with E-state index in [1.165, 1.54) is 16.7 Å². The topological polar surface area (TPSA) is 81.1 Å². The fourth-order valence-electron chi connectivity index (χ4n) is 3.11. The average molecular weight is 419 g/mol. The second-order valence-electron chi connectivity index (χ2n) is 6.92. The lowest BCUT2D eigenvalue weighted by atomic mass is 10.1. The molecule has 6 nitrogen and oxygen atoms in total. The van der Waals surface area contributed by atoms with Crippen molar-refractivity contribution >= 4 is 23.5 Å². The molecule has 0 aromatic heterocycles. The molecular formula is C22H27ClN2O4. The molecule has 1 aliphatic rings. The Morgan fingerprint density at radius 1 is 0.828 bits per heavy atom. The van der Waals surface area contributed by atoms with E-state index in [1.807, 2.05) is 12.1 Å². The number of benzene rings is 2. The van der Waals surface area contributed by atoms with Gasteiger partial charge in [0.25, 0.3) is 0 Å². The van der Waals surface area contributed by atoms with Crippen molar-refractivity contribution in [2.75, 3.05) is 26.2 Å². The maximum atomic E-state index is 9.10. The van der Waals surface area contributed by atoms with Crippen LogP contribution in [0.4, 0.5) is 0 Å². The van der Waals surface area contributed by atoms with Crippen LogP contribution in [0.1, 0.15) is 23.6 Å². The van der Waals surface area contributed by atoms with E-state index in [4.69, 9.17) is 31.4 Å². The number of piperazine rings is 1. The zero-order valence-electron chi connectivity index (χ0n) is 16.6. The maximum Gasteiger partial charge on any atom is 0.414 e. The molecule has 7 heteroatoms. The summed E-state index contributed by atoms with van der Waals surface area (Å²) >= 11 is 6.27. The lowest BCUT2D eigenvalue weighted by Gasteiger charge is -2.34. The maximum absolute atomic E-state index is 9.10. The summed E-state index contributed by atoms with van der Waals surface area (Å²) in [7, 11) is 0. The summed E-state index contributed by atoms with van der Waals surface area (Å²) in [5, 5.41) is 15.7. The van der Waals surface area contributed by atoms with Gasteiger partial charge in [-0.1, -0.05) is 61.0 Å². The molecule has 2 N–H and O–H groups in total. The molecule has 3 rings (SSSR count). The normalized spacial score (nSPS) is 14.7. The van der Waals surface area contributed by atoms with Crippen molar-refractivity contribution in [3.8, 4) is 0 Å². The predicted molar refractivity (Wildman–Crippen MR) is 113 cm³/mol. The molecular weight excluding hydrogens is 392 g/mol. The monoisotopic (exact) mass is 418 g/mol. The summed E-state index contributed by atoms with van der Waals surface area (Å²) in [6.07, 6.45) is 1.11. The van der Waals surface area contributed by atoms with E-state index in [9.17, 15) is 0 Å². The van der Waals surface area contributed by atoms with Crippen molar-refractivity contribution in [2.45, 2.75) is 26.4 Å². The van der Waals surface area contributed by atoms with Gasteiger partial charge in [-0.15, -0.1) is 0 Å². The summed E-state index contributed by atoms with van der Waals surface area (Å²) in [6, 6.07) is 17.2. The van der Waals surface area contributed by atoms with Crippen molar-refractivity contribution in [1.82, 2.24) is 9.80 Å². The highest BCUT2D eigenvalue weighted by Crippen LogP contribution is 2.18. The molecule has 0 amide bonds. The molecule has 156 valence electrons. The first-order valence-corrected chi connectivity index (χ1v) is 9.99. The van der Waals surface area contributed by atoms with Gasteiger partial charge in [0.05, 0.1) is 0 Å². The Balaban J connectivity index is 0.000000438. The van der Waals surface area contributed by atoms with Gasteiger partial charge >= 0.3 is 11.9 Å². The van der Waals surface area contributed by atoms with E-state index in [-0.39, 0.29) is 0 Å². The minimum Gasteiger partial charge on any atom is -0.473 e. The minimum atomic E-state index is -1.82. The molecule has 29 heavy (non-hydrogen) atoms. The van der Waals surface area contributed by atoms with Gasteiger partial charge in [0.2, 0.25) is 0 Å². The number of halogens is 1. The Hall–Kier alpha value is -2.41. The highest BCUT2D eigenvalue weighted by Gasteiger charge is 2.17. The second-order valence-corrected chi connectivity index (χ2v) is 7.33. The highest BCUT2D eigenvalue weighted by molar-refractivity contribution is 6.31. The van der Waals surface area contributed by atoms with Crippen LogP contribution in [0.2, 0.25) is 5.02 Å². The molecule has 1 heterocycles. The smallest absolute Gasteiger partial charge is 0.414 e. The molecule has 2 aromatic carbocycles. The SMILES string of the molecule is CCc1ccc(CN2CCN(Cc3ccccc3Cl)CC2)cc1.O=C(O)C(=O)O. The highest BCUT2D eigenvalue weighted by atomic mass is 35.5. The van der Waals surface area contributed by atoms with Gasteiger partial charge in [0.15, 0.2) is 0 Å². The quantitative estimate of drug-likeness (QED) is 0.724. The van der Waals surface area contributed by atoms with Crippen LogP contribution in [0.15, 0.2) is 48.5 Å². The Bertz CT molecular complexity index is 791. The minimum absolute atomic E-state index is 0.881. The van der Waals surface area contributed by atoms with Crippen molar-refractivity contribution in [1.29, 1.82) is 0 Å². The Morgan fingerprint density at radius 3 is 1.79 bits per heavy atom. The summed E-state index contributed by atoms with van der Waals surface area (Å²) in [5.74, 6) is -3.65. The lowest BCUT2D eigenvalue weighted by molar-refractivity contribution is -0.159. The Kier molecular flexibility index (Phi) is 9.12. The van der Waals surface area contributed by atoms with Gasteiger partial charge < -0.3 is 10.2 Å². The van der Waals surface area contributed by atoms with E-state index in [0.29, 0.717) is 0 Å². The molecule has 0 radical (unpaired) electrons. The van der Waals surface area contributed by atoms with E-state index >= 15 is 0 Å². The van der Waals surface area contributed by atoms with Crippen molar-refractivity contribution < 1.29 is 19.8 Å². The molecule has 0 unspecified atom stereocenters. The summed E-state index contributed by atoms with van der Waals surface area (Å²) in [6.45, 7) is 8.69. The molecule has 0 bridgehead atoms. The van der Waals surface area contributed by atoms with Crippen LogP contribution in [0, 0.1) is 0 Å². The van der Waals surface area contributed by atoms with Crippen molar-refractivity contribution in [3.63, 3.8) is 0 Å². The van der Waals surface area contributed by atoms with Crippen molar-refractivity contribution in [3.05, 3.63) is 70.2 Å². The summed E-state index contributed by atoms with van der Waals surface area (Å²) in [5.41, 5.74) is 4.07. The third-order valence-electron chi connectivity index (χ3n) is 4.84. The molecule has 1 fully saturated rings. The van der Waals surface area contributed by atoms with Crippen LogP contribution in [0.25, 0.3) is 0 Å². The number of carbonyl (C=O) groups is 2. The third kappa shape index (κ3) is 7.85. The van der Waals surface area contributed by atoms with Crippen LogP contribution in [-0.4, -0.2) is 58.1 Å². The number of hydrogen-bond donors (Lipinski definition) is 2.